The number of hydrogen-bond acceptors (Lipinski definition) is 3. The zero-order chi connectivity index (χ0) is 11.5. The molecule has 4 nitrogen and oxygen atoms in total. The molecule has 0 aromatic carbocycles. The van der Waals surface area contributed by atoms with Gasteiger partial charge in [0.25, 0.3) is 0 Å². The highest BCUT2D eigenvalue weighted by molar-refractivity contribution is 5.79. The number of hydrogen-bond donors (Lipinski definition) is 1. The molecule has 1 N–H and O–H groups in total. The molecule has 0 aliphatic carbocycles. The maximum absolute atomic E-state index is 12.4. The van der Waals surface area contributed by atoms with Crippen molar-refractivity contribution in [2.24, 2.45) is 5.92 Å². The second kappa shape index (κ2) is 5.15. The average molecular weight is 226 g/mol. The zero-order valence-electron chi connectivity index (χ0n) is 10.2. The number of nitrogens with one attached hydrogen (secondary N) is 1. The van der Waals surface area contributed by atoms with Crippen molar-refractivity contribution in [1.29, 1.82) is 0 Å². The molecule has 0 bridgehead atoms. The number of ether oxygens (including phenoxy) is 1. The average Bonchev–Trinajstić information content (AvgIpc) is 2.29. The highest BCUT2D eigenvalue weighted by Gasteiger charge is 2.31. The van der Waals surface area contributed by atoms with Crippen molar-refractivity contribution in [1.82, 2.24) is 10.2 Å². The third-order valence-electron chi connectivity index (χ3n) is 3.62. The van der Waals surface area contributed by atoms with Gasteiger partial charge in [-0.3, -0.25) is 4.79 Å². The topological polar surface area (TPSA) is 41.6 Å². The first-order chi connectivity index (χ1) is 7.68. The van der Waals surface area contributed by atoms with Gasteiger partial charge in [0.1, 0.15) is 0 Å². The van der Waals surface area contributed by atoms with Gasteiger partial charge in [-0.2, -0.15) is 0 Å². The first-order valence-corrected chi connectivity index (χ1v) is 6.30. The largest absolute Gasteiger partial charge is 0.377 e. The lowest BCUT2D eigenvalue weighted by molar-refractivity contribution is -0.144. The van der Waals surface area contributed by atoms with Crippen LogP contribution in [0.15, 0.2) is 0 Å². The van der Waals surface area contributed by atoms with E-state index in [0.29, 0.717) is 25.2 Å². The zero-order valence-corrected chi connectivity index (χ0v) is 10.2. The Labute approximate surface area is 97.3 Å². The van der Waals surface area contributed by atoms with Crippen molar-refractivity contribution in [3.05, 3.63) is 0 Å². The molecule has 3 atom stereocenters. The van der Waals surface area contributed by atoms with Gasteiger partial charge in [0, 0.05) is 18.5 Å². The minimum absolute atomic E-state index is 0.219. The van der Waals surface area contributed by atoms with Gasteiger partial charge in [0.15, 0.2) is 0 Å². The molecule has 16 heavy (non-hydrogen) atoms. The van der Waals surface area contributed by atoms with Crippen LogP contribution in [0.25, 0.3) is 0 Å². The minimum atomic E-state index is 0.219. The minimum Gasteiger partial charge on any atom is -0.377 e. The standard InChI is InChI=1S/C12H22N2O2/c1-9-7-11(3-4-13-9)12(15)14-5-6-16-8-10(14)2/h9-11,13H,3-8H2,1-2H3. The summed E-state index contributed by atoms with van der Waals surface area (Å²) in [4.78, 5) is 14.4. The third kappa shape index (κ3) is 2.55. The van der Waals surface area contributed by atoms with Crippen LogP contribution < -0.4 is 5.32 Å². The van der Waals surface area contributed by atoms with E-state index in [9.17, 15) is 4.79 Å². The predicted octanol–water partition coefficient (Wildman–Crippen LogP) is 0.622. The summed E-state index contributed by atoms with van der Waals surface area (Å²) in [7, 11) is 0. The highest BCUT2D eigenvalue weighted by Crippen LogP contribution is 2.21. The first-order valence-electron chi connectivity index (χ1n) is 6.30. The fourth-order valence-electron chi connectivity index (χ4n) is 2.65. The van der Waals surface area contributed by atoms with Crippen LogP contribution in [-0.4, -0.2) is 49.2 Å². The summed E-state index contributed by atoms with van der Waals surface area (Å²) in [6.45, 7) is 7.33. The van der Waals surface area contributed by atoms with E-state index < -0.39 is 0 Å². The molecule has 1 amide bonds. The molecule has 2 aliphatic heterocycles. The maximum Gasteiger partial charge on any atom is 0.226 e. The van der Waals surface area contributed by atoms with E-state index in [1.165, 1.54) is 0 Å². The molecular weight excluding hydrogens is 204 g/mol. The van der Waals surface area contributed by atoms with Gasteiger partial charge in [0.05, 0.1) is 19.3 Å². The molecule has 0 saturated carbocycles. The molecule has 2 rings (SSSR count). The molecule has 2 aliphatic rings. The summed E-state index contributed by atoms with van der Waals surface area (Å²) in [5.41, 5.74) is 0. The molecule has 3 unspecified atom stereocenters. The Morgan fingerprint density at radius 2 is 2.25 bits per heavy atom. The smallest absolute Gasteiger partial charge is 0.226 e. The summed E-state index contributed by atoms with van der Waals surface area (Å²) in [5, 5.41) is 3.39. The molecule has 0 aromatic rings. The van der Waals surface area contributed by atoms with Gasteiger partial charge >= 0.3 is 0 Å². The lowest BCUT2D eigenvalue weighted by atomic mass is 9.91. The van der Waals surface area contributed by atoms with E-state index in [-0.39, 0.29) is 12.0 Å². The van der Waals surface area contributed by atoms with Crippen molar-refractivity contribution in [3.8, 4) is 0 Å². The Hall–Kier alpha value is -0.610. The Bertz CT molecular complexity index is 257. The fraction of sp³-hybridized carbons (Fsp3) is 0.917. The van der Waals surface area contributed by atoms with Crippen molar-refractivity contribution >= 4 is 5.91 Å². The second-order valence-electron chi connectivity index (χ2n) is 5.03. The van der Waals surface area contributed by atoms with E-state index in [1.807, 2.05) is 4.90 Å². The van der Waals surface area contributed by atoms with Crippen LogP contribution in [0.5, 0.6) is 0 Å². The van der Waals surface area contributed by atoms with Crippen LogP contribution >= 0.6 is 0 Å². The fourth-order valence-corrected chi connectivity index (χ4v) is 2.65. The molecule has 2 saturated heterocycles. The van der Waals surface area contributed by atoms with Crippen LogP contribution in [0, 0.1) is 5.92 Å². The number of piperidine rings is 1. The Kier molecular flexibility index (Phi) is 3.82. The number of nitrogens with zero attached hydrogens (tertiary/aromatic N) is 1. The van der Waals surface area contributed by atoms with Crippen molar-refractivity contribution in [3.63, 3.8) is 0 Å². The van der Waals surface area contributed by atoms with Crippen molar-refractivity contribution < 1.29 is 9.53 Å². The lowest BCUT2D eigenvalue weighted by Crippen LogP contribution is -2.51. The van der Waals surface area contributed by atoms with Gasteiger partial charge in [-0.05, 0) is 33.2 Å². The molecule has 2 heterocycles. The molecule has 0 aromatic heterocycles. The van der Waals surface area contributed by atoms with Gasteiger partial charge < -0.3 is 15.0 Å². The number of carbonyl (C=O) groups is 1. The molecule has 0 spiro atoms. The molecule has 0 radical (unpaired) electrons. The Balaban J connectivity index is 1.94. The normalized spacial score (nSPS) is 36.1. The van der Waals surface area contributed by atoms with Crippen LogP contribution in [0.1, 0.15) is 26.7 Å². The number of rotatable bonds is 1. The summed E-state index contributed by atoms with van der Waals surface area (Å²) in [6.07, 6.45) is 1.95. The number of amides is 1. The third-order valence-corrected chi connectivity index (χ3v) is 3.62. The lowest BCUT2D eigenvalue weighted by Gasteiger charge is -2.37. The summed E-state index contributed by atoms with van der Waals surface area (Å²) < 4.78 is 5.36. The van der Waals surface area contributed by atoms with E-state index in [2.05, 4.69) is 19.2 Å². The Morgan fingerprint density at radius 3 is 2.94 bits per heavy atom. The SMILES string of the molecule is CC1CC(C(=O)N2CCOCC2C)CCN1. The quantitative estimate of drug-likeness (QED) is 0.713. The highest BCUT2D eigenvalue weighted by atomic mass is 16.5. The van der Waals surface area contributed by atoms with Crippen molar-refractivity contribution in [2.45, 2.75) is 38.8 Å². The van der Waals surface area contributed by atoms with Gasteiger partial charge in [-0.15, -0.1) is 0 Å². The summed E-state index contributed by atoms with van der Waals surface area (Å²) in [5.74, 6) is 0.556. The first kappa shape index (κ1) is 11.9. The Morgan fingerprint density at radius 1 is 1.44 bits per heavy atom. The molecule has 92 valence electrons. The van der Waals surface area contributed by atoms with Crippen LogP contribution in [0.2, 0.25) is 0 Å². The molecule has 4 heteroatoms. The van der Waals surface area contributed by atoms with E-state index in [0.717, 1.165) is 25.9 Å². The van der Waals surface area contributed by atoms with Crippen LogP contribution in [0.3, 0.4) is 0 Å². The number of morpholine rings is 1. The molecular formula is C12H22N2O2. The van der Waals surface area contributed by atoms with Crippen molar-refractivity contribution in [2.75, 3.05) is 26.3 Å². The van der Waals surface area contributed by atoms with E-state index in [1.54, 1.807) is 0 Å². The van der Waals surface area contributed by atoms with Crippen LogP contribution in [-0.2, 0) is 9.53 Å². The van der Waals surface area contributed by atoms with Gasteiger partial charge in [0.2, 0.25) is 5.91 Å². The maximum atomic E-state index is 12.4. The van der Waals surface area contributed by atoms with Gasteiger partial charge in [-0.1, -0.05) is 0 Å². The van der Waals surface area contributed by atoms with Gasteiger partial charge in [-0.25, -0.2) is 0 Å². The second-order valence-corrected chi connectivity index (χ2v) is 5.03. The van der Waals surface area contributed by atoms with Crippen LogP contribution in [0.4, 0.5) is 0 Å². The monoisotopic (exact) mass is 226 g/mol. The number of carbonyl (C=O) groups excluding carboxylic acids is 1. The summed E-state index contributed by atoms with van der Waals surface area (Å²) in [6, 6.07) is 0.713. The van der Waals surface area contributed by atoms with E-state index in [4.69, 9.17) is 4.74 Å². The molecule has 2 fully saturated rings. The summed E-state index contributed by atoms with van der Waals surface area (Å²) >= 11 is 0. The predicted molar refractivity (Wildman–Crippen MR) is 62.2 cm³/mol. The van der Waals surface area contributed by atoms with E-state index >= 15 is 0 Å².